The Bertz CT molecular complexity index is 339. The van der Waals surface area contributed by atoms with E-state index in [-0.39, 0.29) is 17.3 Å². The molecule has 1 aromatic rings. The molecule has 0 saturated heterocycles. The second-order valence-electron chi connectivity index (χ2n) is 5.00. The maximum absolute atomic E-state index is 13.5. The minimum Gasteiger partial charge on any atom is -0.324 e. The highest BCUT2D eigenvalue weighted by Crippen LogP contribution is 2.27. The zero-order chi connectivity index (χ0) is 11.6. The molecule has 84 valence electrons. The van der Waals surface area contributed by atoms with Crippen LogP contribution in [0.15, 0.2) is 18.2 Å². The molecule has 1 rings (SSSR count). The summed E-state index contributed by atoms with van der Waals surface area (Å²) in [6, 6.07) is 5.04. The van der Waals surface area contributed by atoms with Gasteiger partial charge in [-0.25, -0.2) is 4.39 Å². The maximum atomic E-state index is 13.5. The van der Waals surface area contributed by atoms with Crippen LogP contribution in [-0.2, 0) is 5.41 Å². The van der Waals surface area contributed by atoms with E-state index >= 15 is 0 Å². The van der Waals surface area contributed by atoms with Crippen molar-refractivity contribution in [3.05, 3.63) is 35.1 Å². The third-order valence-electron chi connectivity index (χ3n) is 2.70. The van der Waals surface area contributed by atoms with E-state index in [9.17, 15) is 4.39 Å². The molecule has 0 aliphatic carbocycles. The van der Waals surface area contributed by atoms with Crippen LogP contribution in [0.3, 0.4) is 0 Å². The number of benzene rings is 1. The summed E-state index contributed by atoms with van der Waals surface area (Å²) in [5, 5.41) is 0. The van der Waals surface area contributed by atoms with Crippen molar-refractivity contribution >= 4 is 0 Å². The molecular formula is C13H20FN. The fraction of sp³-hybridized carbons (Fsp3) is 0.538. The SMILES string of the molecule is CCC(N)c1cc(C(C)(C)C)ccc1F. The molecule has 1 unspecified atom stereocenters. The molecule has 0 aromatic heterocycles. The summed E-state index contributed by atoms with van der Waals surface area (Å²) in [4.78, 5) is 0. The molecule has 0 aliphatic heterocycles. The van der Waals surface area contributed by atoms with Gasteiger partial charge in [-0.1, -0.05) is 39.8 Å². The Labute approximate surface area is 91.5 Å². The van der Waals surface area contributed by atoms with Crippen molar-refractivity contribution in [2.75, 3.05) is 0 Å². The first-order chi connectivity index (χ1) is 6.86. The van der Waals surface area contributed by atoms with Gasteiger partial charge in [-0.15, -0.1) is 0 Å². The van der Waals surface area contributed by atoms with Gasteiger partial charge < -0.3 is 5.73 Å². The van der Waals surface area contributed by atoms with Gasteiger partial charge in [0, 0.05) is 11.6 Å². The van der Waals surface area contributed by atoms with Crippen LogP contribution in [0, 0.1) is 5.82 Å². The highest BCUT2D eigenvalue weighted by Gasteiger charge is 2.17. The van der Waals surface area contributed by atoms with Crippen LogP contribution >= 0.6 is 0 Å². The molecule has 1 aromatic carbocycles. The highest BCUT2D eigenvalue weighted by atomic mass is 19.1. The van der Waals surface area contributed by atoms with Crippen molar-refractivity contribution in [2.24, 2.45) is 5.73 Å². The molecule has 2 N–H and O–H groups in total. The Morgan fingerprint density at radius 2 is 1.93 bits per heavy atom. The van der Waals surface area contributed by atoms with Gasteiger partial charge >= 0.3 is 0 Å². The number of hydrogen-bond acceptors (Lipinski definition) is 1. The molecule has 15 heavy (non-hydrogen) atoms. The summed E-state index contributed by atoms with van der Waals surface area (Å²) in [6.45, 7) is 8.30. The minimum atomic E-state index is -0.202. The first kappa shape index (κ1) is 12.2. The lowest BCUT2D eigenvalue weighted by Crippen LogP contribution is -2.15. The fourth-order valence-electron chi connectivity index (χ4n) is 1.51. The van der Waals surface area contributed by atoms with Crippen molar-refractivity contribution in [3.63, 3.8) is 0 Å². The molecule has 0 bridgehead atoms. The molecule has 1 nitrogen and oxygen atoms in total. The van der Waals surface area contributed by atoms with E-state index in [2.05, 4.69) is 20.8 Å². The second-order valence-corrected chi connectivity index (χ2v) is 5.00. The molecule has 0 aliphatic rings. The monoisotopic (exact) mass is 209 g/mol. The van der Waals surface area contributed by atoms with E-state index < -0.39 is 0 Å². The van der Waals surface area contributed by atoms with Crippen LogP contribution in [0.1, 0.15) is 51.3 Å². The summed E-state index contributed by atoms with van der Waals surface area (Å²) in [7, 11) is 0. The van der Waals surface area contributed by atoms with E-state index in [1.54, 1.807) is 0 Å². The summed E-state index contributed by atoms with van der Waals surface area (Å²) < 4.78 is 13.5. The van der Waals surface area contributed by atoms with Gasteiger partial charge in [0.1, 0.15) is 5.82 Å². The molecule has 0 saturated carbocycles. The van der Waals surface area contributed by atoms with E-state index in [1.165, 1.54) is 6.07 Å². The average molecular weight is 209 g/mol. The van der Waals surface area contributed by atoms with Crippen LogP contribution in [-0.4, -0.2) is 0 Å². The molecule has 0 spiro atoms. The van der Waals surface area contributed by atoms with E-state index in [0.717, 1.165) is 12.0 Å². The highest BCUT2D eigenvalue weighted by molar-refractivity contribution is 5.31. The van der Waals surface area contributed by atoms with Gasteiger partial charge in [0.15, 0.2) is 0 Å². The summed E-state index contributed by atoms with van der Waals surface area (Å²) in [5.41, 5.74) is 7.66. The van der Waals surface area contributed by atoms with Crippen LogP contribution in [0.25, 0.3) is 0 Å². The van der Waals surface area contributed by atoms with Crippen LogP contribution in [0.5, 0.6) is 0 Å². The van der Waals surface area contributed by atoms with Gasteiger partial charge in [0.05, 0.1) is 0 Å². The Morgan fingerprint density at radius 1 is 1.33 bits per heavy atom. The lowest BCUT2D eigenvalue weighted by atomic mass is 9.85. The van der Waals surface area contributed by atoms with Crippen molar-refractivity contribution in [1.82, 2.24) is 0 Å². The van der Waals surface area contributed by atoms with E-state index in [0.29, 0.717) is 5.56 Å². The zero-order valence-corrected chi connectivity index (χ0v) is 9.97. The molecule has 0 radical (unpaired) electrons. The van der Waals surface area contributed by atoms with Crippen molar-refractivity contribution in [3.8, 4) is 0 Å². The standard InChI is InChI=1S/C13H20FN/c1-5-12(15)10-8-9(13(2,3)4)6-7-11(10)14/h6-8,12H,5,15H2,1-4H3. The first-order valence-electron chi connectivity index (χ1n) is 5.41. The quantitative estimate of drug-likeness (QED) is 0.792. The Morgan fingerprint density at radius 3 is 2.40 bits per heavy atom. The number of rotatable bonds is 2. The van der Waals surface area contributed by atoms with Crippen LogP contribution < -0.4 is 5.73 Å². The van der Waals surface area contributed by atoms with Crippen molar-refractivity contribution < 1.29 is 4.39 Å². The second kappa shape index (κ2) is 4.31. The van der Waals surface area contributed by atoms with Crippen molar-refractivity contribution in [2.45, 2.75) is 45.6 Å². The fourth-order valence-corrected chi connectivity index (χ4v) is 1.51. The molecule has 0 amide bonds. The maximum Gasteiger partial charge on any atom is 0.127 e. The third kappa shape index (κ3) is 2.78. The summed E-state index contributed by atoms with van der Waals surface area (Å²) >= 11 is 0. The van der Waals surface area contributed by atoms with Gasteiger partial charge in [0.25, 0.3) is 0 Å². The van der Waals surface area contributed by atoms with Gasteiger partial charge in [-0.2, -0.15) is 0 Å². The third-order valence-corrected chi connectivity index (χ3v) is 2.70. The Balaban J connectivity index is 3.17. The van der Waals surface area contributed by atoms with Gasteiger partial charge in [-0.05, 0) is 23.5 Å². The number of nitrogens with two attached hydrogens (primary N) is 1. The zero-order valence-electron chi connectivity index (χ0n) is 9.97. The normalized spacial score (nSPS) is 14.0. The largest absolute Gasteiger partial charge is 0.324 e. The molecule has 1 atom stereocenters. The van der Waals surface area contributed by atoms with E-state index in [4.69, 9.17) is 5.73 Å². The molecule has 0 fully saturated rings. The smallest absolute Gasteiger partial charge is 0.127 e. The van der Waals surface area contributed by atoms with Crippen LogP contribution in [0.4, 0.5) is 4.39 Å². The van der Waals surface area contributed by atoms with E-state index in [1.807, 2.05) is 19.1 Å². The Kier molecular flexibility index (Phi) is 3.50. The predicted octanol–water partition coefficient (Wildman–Crippen LogP) is 3.53. The predicted molar refractivity (Wildman–Crippen MR) is 62.3 cm³/mol. The van der Waals surface area contributed by atoms with Gasteiger partial charge in [0.2, 0.25) is 0 Å². The number of halogens is 1. The Hall–Kier alpha value is -0.890. The molecule has 2 heteroatoms. The van der Waals surface area contributed by atoms with Crippen molar-refractivity contribution in [1.29, 1.82) is 0 Å². The molecular weight excluding hydrogens is 189 g/mol. The first-order valence-corrected chi connectivity index (χ1v) is 5.41. The molecule has 0 heterocycles. The summed E-state index contributed by atoms with van der Waals surface area (Å²) in [5.74, 6) is -0.197. The lowest BCUT2D eigenvalue weighted by Gasteiger charge is -2.21. The lowest BCUT2D eigenvalue weighted by molar-refractivity contribution is 0.557. The summed E-state index contributed by atoms with van der Waals surface area (Å²) in [6.07, 6.45) is 0.754. The number of hydrogen-bond donors (Lipinski definition) is 1. The minimum absolute atomic E-state index is 0.0376. The topological polar surface area (TPSA) is 26.0 Å². The van der Waals surface area contributed by atoms with Crippen LogP contribution in [0.2, 0.25) is 0 Å². The van der Waals surface area contributed by atoms with Gasteiger partial charge in [-0.3, -0.25) is 0 Å². The average Bonchev–Trinajstić information content (AvgIpc) is 2.15.